The fourth-order valence-electron chi connectivity index (χ4n) is 1.40. The minimum Gasteiger partial charge on any atom is -0.323 e. The molecule has 1 aliphatic heterocycles. The first kappa shape index (κ1) is 8.19. The van der Waals surface area contributed by atoms with E-state index in [2.05, 4.69) is 10.3 Å². The van der Waals surface area contributed by atoms with E-state index >= 15 is 0 Å². The first-order valence-electron chi connectivity index (χ1n) is 4.28. The Labute approximate surface area is 76.2 Å². The number of nitrogens with zero attached hydrogens (tertiary/aromatic N) is 1. The van der Waals surface area contributed by atoms with Crippen LogP contribution in [-0.4, -0.2) is 16.9 Å². The van der Waals surface area contributed by atoms with Crippen LogP contribution in [0.3, 0.4) is 0 Å². The lowest BCUT2D eigenvalue weighted by Crippen LogP contribution is -2.34. The quantitative estimate of drug-likeness (QED) is 0.598. The number of carbonyl (C=O) groups is 1. The summed E-state index contributed by atoms with van der Waals surface area (Å²) in [5.41, 5.74) is 7.33. The molecule has 4 nitrogen and oxygen atoms in total. The molecule has 1 atom stereocenters. The Morgan fingerprint density at radius 2 is 2.46 bits per heavy atom. The van der Waals surface area contributed by atoms with Gasteiger partial charge >= 0.3 is 0 Å². The van der Waals surface area contributed by atoms with E-state index < -0.39 is 6.04 Å². The van der Waals surface area contributed by atoms with Gasteiger partial charge in [0.1, 0.15) is 0 Å². The van der Waals surface area contributed by atoms with Crippen LogP contribution in [0, 0.1) is 0 Å². The van der Waals surface area contributed by atoms with Gasteiger partial charge in [-0.15, -0.1) is 0 Å². The van der Waals surface area contributed by atoms with Gasteiger partial charge in [-0.05, 0) is 25.0 Å². The van der Waals surface area contributed by atoms with Crippen molar-refractivity contribution in [2.24, 2.45) is 5.73 Å². The van der Waals surface area contributed by atoms with Crippen LogP contribution in [0.2, 0.25) is 0 Å². The van der Waals surface area contributed by atoms with Crippen molar-refractivity contribution in [2.45, 2.75) is 18.9 Å². The summed E-state index contributed by atoms with van der Waals surface area (Å²) >= 11 is 0. The Morgan fingerprint density at radius 1 is 1.62 bits per heavy atom. The molecule has 0 aromatic carbocycles. The van der Waals surface area contributed by atoms with Crippen molar-refractivity contribution in [2.75, 3.05) is 5.32 Å². The zero-order valence-corrected chi connectivity index (χ0v) is 7.16. The van der Waals surface area contributed by atoms with Crippen LogP contribution in [0.5, 0.6) is 0 Å². The van der Waals surface area contributed by atoms with Gasteiger partial charge in [0.05, 0.1) is 17.4 Å². The highest BCUT2D eigenvalue weighted by molar-refractivity contribution is 5.95. The van der Waals surface area contributed by atoms with Crippen molar-refractivity contribution in [3.63, 3.8) is 0 Å². The predicted molar refractivity (Wildman–Crippen MR) is 49.2 cm³/mol. The molecule has 1 unspecified atom stereocenters. The molecule has 0 fully saturated rings. The Bertz CT molecular complexity index is 337. The highest BCUT2D eigenvalue weighted by atomic mass is 16.2. The van der Waals surface area contributed by atoms with Crippen LogP contribution >= 0.6 is 0 Å². The third-order valence-corrected chi connectivity index (χ3v) is 2.18. The van der Waals surface area contributed by atoms with E-state index in [9.17, 15) is 4.79 Å². The van der Waals surface area contributed by atoms with Gasteiger partial charge in [0.25, 0.3) is 0 Å². The number of aryl methyl sites for hydroxylation is 1. The lowest BCUT2D eigenvalue weighted by molar-refractivity contribution is -0.117. The van der Waals surface area contributed by atoms with Crippen LogP contribution in [0.4, 0.5) is 5.69 Å². The Balaban J connectivity index is 2.35. The Morgan fingerprint density at radius 3 is 3.31 bits per heavy atom. The minimum absolute atomic E-state index is 0.119. The molecule has 1 aromatic rings. The molecule has 1 aliphatic rings. The van der Waals surface area contributed by atoms with Gasteiger partial charge in [0, 0.05) is 6.20 Å². The lowest BCUT2D eigenvalue weighted by atomic mass is 10.1. The van der Waals surface area contributed by atoms with E-state index in [-0.39, 0.29) is 5.91 Å². The number of hydrogen-bond acceptors (Lipinski definition) is 3. The molecule has 0 saturated heterocycles. The fourth-order valence-corrected chi connectivity index (χ4v) is 1.40. The standard InChI is InChI=1S/C9H11N3O/c10-6-3-4-7-8(12-9(6)13)2-1-5-11-7/h1-2,5-6H,3-4,10H2,(H,12,13). The van der Waals surface area contributed by atoms with Crippen LogP contribution in [0.1, 0.15) is 12.1 Å². The van der Waals surface area contributed by atoms with Gasteiger partial charge in [-0.3, -0.25) is 9.78 Å². The van der Waals surface area contributed by atoms with Crippen molar-refractivity contribution in [3.05, 3.63) is 24.0 Å². The van der Waals surface area contributed by atoms with E-state index in [1.165, 1.54) is 0 Å². The SMILES string of the molecule is NC1CCc2ncccc2NC1=O. The molecular weight excluding hydrogens is 166 g/mol. The van der Waals surface area contributed by atoms with Gasteiger partial charge in [0.2, 0.25) is 5.91 Å². The summed E-state index contributed by atoms with van der Waals surface area (Å²) in [5.74, 6) is -0.119. The normalized spacial score (nSPS) is 21.6. The zero-order valence-electron chi connectivity index (χ0n) is 7.16. The molecule has 3 N–H and O–H groups in total. The third-order valence-electron chi connectivity index (χ3n) is 2.18. The number of fused-ring (bicyclic) bond motifs is 1. The van der Waals surface area contributed by atoms with Crippen molar-refractivity contribution in [1.82, 2.24) is 4.98 Å². The molecule has 1 amide bonds. The first-order chi connectivity index (χ1) is 6.27. The minimum atomic E-state index is -0.408. The average Bonchev–Trinajstić information content (AvgIpc) is 2.28. The van der Waals surface area contributed by atoms with E-state index in [0.29, 0.717) is 6.42 Å². The van der Waals surface area contributed by atoms with E-state index in [0.717, 1.165) is 17.8 Å². The van der Waals surface area contributed by atoms with Gasteiger partial charge in [0.15, 0.2) is 0 Å². The van der Waals surface area contributed by atoms with Gasteiger partial charge in [-0.1, -0.05) is 0 Å². The second-order valence-corrected chi connectivity index (χ2v) is 3.13. The van der Waals surface area contributed by atoms with Crippen molar-refractivity contribution >= 4 is 11.6 Å². The van der Waals surface area contributed by atoms with Crippen molar-refractivity contribution in [1.29, 1.82) is 0 Å². The largest absolute Gasteiger partial charge is 0.323 e. The molecule has 68 valence electrons. The Hall–Kier alpha value is -1.42. The number of nitrogens with one attached hydrogen (secondary N) is 1. The molecule has 13 heavy (non-hydrogen) atoms. The van der Waals surface area contributed by atoms with E-state index in [4.69, 9.17) is 5.73 Å². The summed E-state index contributed by atoms with van der Waals surface area (Å²) in [4.78, 5) is 15.5. The number of anilines is 1. The Kier molecular flexibility index (Phi) is 1.98. The molecule has 0 spiro atoms. The number of nitrogens with two attached hydrogens (primary N) is 1. The molecular formula is C9H11N3O. The smallest absolute Gasteiger partial charge is 0.241 e. The summed E-state index contributed by atoms with van der Waals surface area (Å²) in [6, 6.07) is 3.24. The number of aromatic nitrogens is 1. The van der Waals surface area contributed by atoms with Crippen molar-refractivity contribution in [3.8, 4) is 0 Å². The average molecular weight is 177 g/mol. The van der Waals surface area contributed by atoms with Crippen LogP contribution < -0.4 is 11.1 Å². The number of carbonyl (C=O) groups excluding carboxylic acids is 1. The van der Waals surface area contributed by atoms with Crippen LogP contribution in [0.15, 0.2) is 18.3 Å². The molecule has 1 aromatic heterocycles. The van der Waals surface area contributed by atoms with Gasteiger partial charge < -0.3 is 11.1 Å². The molecule has 4 heteroatoms. The summed E-state index contributed by atoms with van der Waals surface area (Å²) < 4.78 is 0. The van der Waals surface area contributed by atoms with E-state index in [1.54, 1.807) is 12.3 Å². The third kappa shape index (κ3) is 1.53. The first-order valence-corrected chi connectivity index (χ1v) is 4.28. The highest BCUT2D eigenvalue weighted by Gasteiger charge is 2.19. The molecule has 0 bridgehead atoms. The molecule has 2 rings (SSSR count). The maximum absolute atomic E-state index is 11.3. The highest BCUT2D eigenvalue weighted by Crippen LogP contribution is 2.18. The maximum atomic E-state index is 11.3. The molecule has 0 aliphatic carbocycles. The number of pyridine rings is 1. The zero-order chi connectivity index (χ0) is 9.26. The van der Waals surface area contributed by atoms with Crippen LogP contribution in [0.25, 0.3) is 0 Å². The van der Waals surface area contributed by atoms with Gasteiger partial charge in [-0.2, -0.15) is 0 Å². The van der Waals surface area contributed by atoms with E-state index in [1.807, 2.05) is 6.07 Å². The monoisotopic (exact) mass is 177 g/mol. The summed E-state index contributed by atoms with van der Waals surface area (Å²) in [6.07, 6.45) is 3.15. The second kappa shape index (κ2) is 3.14. The molecule has 0 saturated carbocycles. The van der Waals surface area contributed by atoms with Crippen molar-refractivity contribution < 1.29 is 4.79 Å². The predicted octanol–water partition coefficient (Wildman–Crippen LogP) is 0.294. The number of amides is 1. The molecule has 2 heterocycles. The second-order valence-electron chi connectivity index (χ2n) is 3.13. The van der Waals surface area contributed by atoms with Crippen LogP contribution in [-0.2, 0) is 11.2 Å². The topological polar surface area (TPSA) is 68.0 Å². The summed E-state index contributed by atoms with van der Waals surface area (Å²) in [6.45, 7) is 0. The number of rotatable bonds is 0. The molecule has 0 radical (unpaired) electrons. The summed E-state index contributed by atoms with van der Waals surface area (Å²) in [7, 11) is 0. The maximum Gasteiger partial charge on any atom is 0.241 e. The fraction of sp³-hybridized carbons (Fsp3) is 0.333. The summed E-state index contributed by atoms with van der Waals surface area (Å²) in [5, 5.41) is 2.75. The van der Waals surface area contributed by atoms with Gasteiger partial charge in [-0.25, -0.2) is 0 Å². The number of hydrogen-bond donors (Lipinski definition) is 2. The lowest BCUT2D eigenvalue weighted by Gasteiger charge is -2.05.